The first kappa shape index (κ1) is 9.57. The van der Waals surface area contributed by atoms with Gasteiger partial charge in [-0.25, -0.2) is 0 Å². The fourth-order valence-corrected chi connectivity index (χ4v) is 1.45. The molecule has 0 saturated heterocycles. The molecule has 1 amide bonds. The van der Waals surface area contributed by atoms with Crippen LogP contribution >= 0.6 is 0 Å². The number of rotatable bonds is 4. The Morgan fingerprint density at radius 1 is 1.12 bits per heavy atom. The second-order valence-corrected chi connectivity index (χ2v) is 4.47. The van der Waals surface area contributed by atoms with E-state index in [1.807, 2.05) is 6.07 Å². The average Bonchev–Trinajstić information content (AvgIpc) is 3.14. The predicted octanol–water partition coefficient (Wildman–Crippen LogP) is 0.943. The summed E-state index contributed by atoms with van der Waals surface area (Å²) in [6.07, 6.45) is 4.57. The summed E-state index contributed by atoms with van der Waals surface area (Å²) in [5.74, 6) is 0.637. The SMILES string of the molecule is O=C(NC1CC1)c1ccc(NC2CC2)nn1. The molecule has 0 radical (unpaired) electrons. The zero-order valence-electron chi connectivity index (χ0n) is 8.94. The van der Waals surface area contributed by atoms with Crippen molar-refractivity contribution in [2.24, 2.45) is 0 Å². The van der Waals surface area contributed by atoms with Crippen LogP contribution in [0.2, 0.25) is 0 Å². The molecular weight excluding hydrogens is 204 g/mol. The highest BCUT2D eigenvalue weighted by Gasteiger charge is 2.25. The van der Waals surface area contributed by atoms with Crippen molar-refractivity contribution in [3.8, 4) is 0 Å². The molecule has 0 aromatic carbocycles. The highest BCUT2D eigenvalue weighted by Crippen LogP contribution is 2.23. The van der Waals surface area contributed by atoms with Gasteiger partial charge in [0.25, 0.3) is 5.91 Å². The van der Waals surface area contributed by atoms with Gasteiger partial charge in [0.05, 0.1) is 0 Å². The average molecular weight is 218 g/mol. The van der Waals surface area contributed by atoms with Crippen LogP contribution in [-0.4, -0.2) is 28.2 Å². The van der Waals surface area contributed by atoms with Crippen LogP contribution in [-0.2, 0) is 0 Å². The largest absolute Gasteiger partial charge is 0.366 e. The lowest BCUT2D eigenvalue weighted by Gasteiger charge is -2.04. The molecule has 1 aromatic rings. The molecule has 2 aliphatic carbocycles. The monoisotopic (exact) mass is 218 g/mol. The minimum atomic E-state index is -0.118. The van der Waals surface area contributed by atoms with Gasteiger partial charge in [0, 0.05) is 12.1 Å². The molecule has 2 saturated carbocycles. The summed E-state index contributed by atoms with van der Waals surface area (Å²) in [5, 5.41) is 14.0. The third-order valence-corrected chi connectivity index (χ3v) is 2.74. The Balaban J connectivity index is 1.63. The van der Waals surface area contributed by atoms with E-state index in [2.05, 4.69) is 20.8 Å². The maximum Gasteiger partial charge on any atom is 0.272 e. The maximum atomic E-state index is 11.6. The van der Waals surface area contributed by atoms with E-state index >= 15 is 0 Å². The smallest absolute Gasteiger partial charge is 0.272 e. The Bertz CT molecular complexity index is 395. The van der Waals surface area contributed by atoms with Gasteiger partial charge in [0.15, 0.2) is 5.69 Å². The van der Waals surface area contributed by atoms with Crippen molar-refractivity contribution in [1.29, 1.82) is 0 Å². The van der Waals surface area contributed by atoms with Crippen molar-refractivity contribution in [3.63, 3.8) is 0 Å². The van der Waals surface area contributed by atoms with E-state index in [1.165, 1.54) is 12.8 Å². The van der Waals surface area contributed by atoms with Crippen LogP contribution < -0.4 is 10.6 Å². The van der Waals surface area contributed by atoms with E-state index in [4.69, 9.17) is 0 Å². The van der Waals surface area contributed by atoms with E-state index < -0.39 is 0 Å². The number of amides is 1. The molecular formula is C11H14N4O. The third-order valence-electron chi connectivity index (χ3n) is 2.74. The van der Waals surface area contributed by atoms with Crippen molar-refractivity contribution >= 4 is 11.7 Å². The molecule has 3 rings (SSSR count). The van der Waals surface area contributed by atoms with Gasteiger partial charge in [-0.2, -0.15) is 0 Å². The van der Waals surface area contributed by atoms with Crippen LogP contribution in [0.1, 0.15) is 36.2 Å². The number of nitrogens with zero attached hydrogens (tertiary/aromatic N) is 2. The summed E-state index contributed by atoms with van der Waals surface area (Å²) < 4.78 is 0. The van der Waals surface area contributed by atoms with Crippen molar-refractivity contribution in [3.05, 3.63) is 17.8 Å². The molecule has 2 aliphatic rings. The summed E-state index contributed by atoms with van der Waals surface area (Å²) in [5.41, 5.74) is 0.397. The fourth-order valence-electron chi connectivity index (χ4n) is 1.45. The summed E-state index contributed by atoms with van der Waals surface area (Å²) in [4.78, 5) is 11.6. The summed E-state index contributed by atoms with van der Waals surface area (Å²) in [6, 6.07) is 4.45. The van der Waals surface area contributed by atoms with Crippen LogP contribution in [0.15, 0.2) is 12.1 Å². The number of hydrogen-bond acceptors (Lipinski definition) is 4. The highest BCUT2D eigenvalue weighted by atomic mass is 16.2. The van der Waals surface area contributed by atoms with Crippen LogP contribution in [0, 0.1) is 0 Å². The van der Waals surface area contributed by atoms with Crippen LogP contribution in [0.4, 0.5) is 5.82 Å². The Hall–Kier alpha value is -1.65. The molecule has 2 fully saturated rings. The van der Waals surface area contributed by atoms with Gasteiger partial charge in [0.2, 0.25) is 0 Å². The quantitative estimate of drug-likeness (QED) is 0.789. The normalized spacial score (nSPS) is 19.2. The maximum absolute atomic E-state index is 11.6. The number of anilines is 1. The molecule has 0 spiro atoms. The van der Waals surface area contributed by atoms with Crippen molar-refractivity contribution in [1.82, 2.24) is 15.5 Å². The lowest BCUT2D eigenvalue weighted by molar-refractivity contribution is 0.0945. The van der Waals surface area contributed by atoms with Crippen molar-refractivity contribution in [2.45, 2.75) is 37.8 Å². The third kappa shape index (κ3) is 2.29. The van der Waals surface area contributed by atoms with Crippen LogP contribution in [0.3, 0.4) is 0 Å². The molecule has 5 nitrogen and oxygen atoms in total. The number of aromatic nitrogens is 2. The topological polar surface area (TPSA) is 66.9 Å². The minimum absolute atomic E-state index is 0.118. The zero-order chi connectivity index (χ0) is 11.0. The lowest BCUT2D eigenvalue weighted by atomic mass is 10.3. The number of nitrogens with one attached hydrogen (secondary N) is 2. The Labute approximate surface area is 93.6 Å². The van der Waals surface area contributed by atoms with Crippen LogP contribution in [0.25, 0.3) is 0 Å². The first-order chi connectivity index (χ1) is 7.81. The Morgan fingerprint density at radius 3 is 2.44 bits per heavy atom. The second-order valence-electron chi connectivity index (χ2n) is 4.47. The van der Waals surface area contributed by atoms with Crippen LogP contribution in [0.5, 0.6) is 0 Å². The molecule has 0 atom stereocenters. The zero-order valence-corrected chi connectivity index (χ0v) is 8.94. The van der Waals surface area contributed by atoms with Gasteiger partial charge < -0.3 is 10.6 Å². The number of hydrogen-bond donors (Lipinski definition) is 2. The van der Waals surface area contributed by atoms with Gasteiger partial charge >= 0.3 is 0 Å². The van der Waals surface area contributed by atoms with Crippen molar-refractivity contribution < 1.29 is 4.79 Å². The van der Waals surface area contributed by atoms with E-state index in [0.29, 0.717) is 17.8 Å². The molecule has 2 N–H and O–H groups in total. The number of carbonyl (C=O) groups is 1. The summed E-state index contributed by atoms with van der Waals surface area (Å²) in [6.45, 7) is 0. The molecule has 1 heterocycles. The fraction of sp³-hybridized carbons (Fsp3) is 0.545. The first-order valence-corrected chi connectivity index (χ1v) is 5.72. The first-order valence-electron chi connectivity index (χ1n) is 5.72. The lowest BCUT2D eigenvalue weighted by Crippen LogP contribution is -2.26. The number of carbonyl (C=O) groups excluding carboxylic acids is 1. The van der Waals surface area contributed by atoms with Crippen molar-refractivity contribution in [2.75, 3.05) is 5.32 Å². The van der Waals surface area contributed by atoms with Gasteiger partial charge in [-0.05, 0) is 37.8 Å². The summed E-state index contributed by atoms with van der Waals surface area (Å²) >= 11 is 0. The molecule has 5 heteroatoms. The van der Waals surface area contributed by atoms with Gasteiger partial charge in [-0.1, -0.05) is 0 Å². The van der Waals surface area contributed by atoms with E-state index in [0.717, 1.165) is 18.7 Å². The van der Waals surface area contributed by atoms with Gasteiger partial charge in [0.1, 0.15) is 5.82 Å². The summed E-state index contributed by atoms with van der Waals surface area (Å²) in [7, 11) is 0. The minimum Gasteiger partial charge on any atom is -0.366 e. The van der Waals surface area contributed by atoms with E-state index in [-0.39, 0.29) is 5.91 Å². The molecule has 0 aliphatic heterocycles. The molecule has 16 heavy (non-hydrogen) atoms. The molecule has 0 bridgehead atoms. The van der Waals surface area contributed by atoms with E-state index in [1.54, 1.807) is 6.07 Å². The molecule has 1 aromatic heterocycles. The predicted molar refractivity (Wildman–Crippen MR) is 59.2 cm³/mol. The van der Waals surface area contributed by atoms with Gasteiger partial charge in [-0.3, -0.25) is 4.79 Å². The molecule has 84 valence electrons. The van der Waals surface area contributed by atoms with E-state index in [9.17, 15) is 4.79 Å². The second kappa shape index (κ2) is 3.73. The highest BCUT2D eigenvalue weighted by molar-refractivity contribution is 5.92. The van der Waals surface area contributed by atoms with Gasteiger partial charge in [-0.15, -0.1) is 10.2 Å². The molecule has 0 unspecified atom stereocenters. The Kier molecular flexibility index (Phi) is 2.23. The standard InChI is InChI=1S/C11H14N4O/c16-11(13-8-3-4-8)9-5-6-10(15-14-9)12-7-1-2-7/h5-8H,1-4H2,(H,12,15)(H,13,16). The Morgan fingerprint density at radius 2 is 1.88 bits per heavy atom.